The molecule has 0 aliphatic heterocycles. The number of hydrogen-bond donors (Lipinski definition) is 1. The number of benzene rings is 1. The van der Waals surface area contributed by atoms with Crippen molar-refractivity contribution in [3.63, 3.8) is 0 Å². The first-order valence-corrected chi connectivity index (χ1v) is 6.69. The van der Waals surface area contributed by atoms with Gasteiger partial charge in [-0.05, 0) is 18.4 Å². The molecule has 5 nitrogen and oxygen atoms in total. The van der Waals surface area contributed by atoms with E-state index in [-0.39, 0.29) is 12.7 Å². The third kappa shape index (κ3) is 5.77. The number of primary amides is 1. The summed E-state index contributed by atoms with van der Waals surface area (Å²) in [5.41, 5.74) is 5.86. The molecule has 0 saturated carbocycles. The van der Waals surface area contributed by atoms with Gasteiger partial charge in [0.25, 0.3) is 0 Å². The molecule has 1 rings (SSSR count). The number of carbonyl (C=O) groups excluding carboxylic acids is 1. The fraction of sp³-hybridized carbons (Fsp3) is 0.500. The van der Waals surface area contributed by atoms with E-state index in [9.17, 15) is 4.79 Å². The van der Waals surface area contributed by atoms with Gasteiger partial charge < -0.3 is 19.9 Å². The predicted octanol–water partition coefficient (Wildman–Crippen LogP) is 3.12. The van der Waals surface area contributed by atoms with E-state index in [1.54, 1.807) is 13.2 Å². The molecule has 0 unspecified atom stereocenters. The van der Waals surface area contributed by atoms with Crippen molar-refractivity contribution in [1.82, 2.24) is 0 Å². The van der Waals surface area contributed by atoms with Crippen LogP contribution in [0.4, 0.5) is 4.79 Å². The second kappa shape index (κ2) is 8.79. The van der Waals surface area contributed by atoms with Gasteiger partial charge in [0.2, 0.25) is 0 Å². The fourth-order valence-corrected chi connectivity index (χ4v) is 2.14. The number of carbonyl (C=O) groups is 1. The largest absolute Gasteiger partial charge is 0.441 e. The van der Waals surface area contributed by atoms with E-state index in [1.807, 2.05) is 25.1 Å². The van der Waals surface area contributed by atoms with Crippen LogP contribution in [0.1, 0.15) is 25.0 Å². The number of halogens is 1. The van der Waals surface area contributed by atoms with Crippen LogP contribution in [0.5, 0.6) is 0 Å². The van der Waals surface area contributed by atoms with Gasteiger partial charge in [-0.25, -0.2) is 4.79 Å². The standard InChI is InChI=1S/C14H20ClNO4/c1-10(8-19-9-18-2)7-13(20-14(16)17)11-5-3-4-6-12(11)15/h3-6,10,13H,7-9H2,1-2H3,(H2,16,17)/t10-,13-/m0/s1. The molecule has 0 heterocycles. The Labute approximate surface area is 123 Å². The zero-order chi connectivity index (χ0) is 15.0. The van der Waals surface area contributed by atoms with E-state index in [1.165, 1.54) is 0 Å². The Hall–Kier alpha value is -1.30. The van der Waals surface area contributed by atoms with Gasteiger partial charge in [0.15, 0.2) is 0 Å². The van der Waals surface area contributed by atoms with Crippen molar-refractivity contribution in [3.8, 4) is 0 Å². The first-order chi connectivity index (χ1) is 9.54. The first-order valence-electron chi connectivity index (χ1n) is 6.31. The summed E-state index contributed by atoms with van der Waals surface area (Å²) in [4.78, 5) is 11.0. The summed E-state index contributed by atoms with van der Waals surface area (Å²) in [5.74, 6) is 0.158. The minimum absolute atomic E-state index is 0.158. The maximum atomic E-state index is 11.0. The summed E-state index contributed by atoms with van der Waals surface area (Å²) in [6.07, 6.45) is -0.738. The molecular weight excluding hydrogens is 282 g/mol. The lowest BCUT2D eigenvalue weighted by Crippen LogP contribution is -2.20. The Morgan fingerprint density at radius 2 is 2.10 bits per heavy atom. The second-order valence-electron chi connectivity index (χ2n) is 4.57. The van der Waals surface area contributed by atoms with Crippen molar-refractivity contribution in [2.75, 3.05) is 20.5 Å². The van der Waals surface area contributed by atoms with Crippen LogP contribution in [-0.4, -0.2) is 26.6 Å². The summed E-state index contributed by atoms with van der Waals surface area (Å²) in [6, 6.07) is 7.22. The van der Waals surface area contributed by atoms with Crippen molar-refractivity contribution in [2.45, 2.75) is 19.4 Å². The summed E-state index contributed by atoms with van der Waals surface area (Å²) in [7, 11) is 1.56. The molecule has 0 fully saturated rings. The summed E-state index contributed by atoms with van der Waals surface area (Å²) < 4.78 is 15.3. The van der Waals surface area contributed by atoms with Crippen molar-refractivity contribution in [1.29, 1.82) is 0 Å². The van der Waals surface area contributed by atoms with Crippen LogP contribution in [0.25, 0.3) is 0 Å². The minimum Gasteiger partial charge on any atom is -0.441 e. The van der Waals surface area contributed by atoms with Gasteiger partial charge in [-0.2, -0.15) is 0 Å². The highest BCUT2D eigenvalue weighted by atomic mass is 35.5. The Kier molecular flexibility index (Phi) is 7.36. The second-order valence-corrected chi connectivity index (χ2v) is 4.97. The minimum atomic E-state index is -0.820. The van der Waals surface area contributed by atoms with E-state index >= 15 is 0 Å². The molecular formula is C14H20ClNO4. The van der Waals surface area contributed by atoms with Crippen molar-refractivity contribution >= 4 is 17.7 Å². The zero-order valence-corrected chi connectivity index (χ0v) is 12.4. The van der Waals surface area contributed by atoms with Crippen molar-refractivity contribution in [3.05, 3.63) is 34.9 Å². The predicted molar refractivity (Wildman–Crippen MR) is 76.5 cm³/mol. The maximum absolute atomic E-state index is 11.0. The van der Waals surface area contributed by atoms with Gasteiger partial charge in [0, 0.05) is 17.7 Å². The van der Waals surface area contributed by atoms with Gasteiger partial charge in [-0.15, -0.1) is 0 Å². The molecule has 0 spiro atoms. The first kappa shape index (κ1) is 16.8. The highest BCUT2D eigenvalue weighted by Crippen LogP contribution is 2.30. The Balaban J connectivity index is 2.70. The number of hydrogen-bond acceptors (Lipinski definition) is 4. The molecule has 0 aromatic heterocycles. The quantitative estimate of drug-likeness (QED) is 0.591. The molecule has 1 aromatic rings. The van der Waals surface area contributed by atoms with Gasteiger partial charge in [-0.3, -0.25) is 0 Å². The highest BCUT2D eigenvalue weighted by Gasteiger charge is 2.21. The lowest BCUT2D eigenvalue weighted by molar-refractivity contribution is -0.0465. The normalized spacial score (nSPS) is 13.8. The Bertz CT molecular complexity index is 427. The Morgan fingerprint density at radius 1 is 1.40 bits per heavy atom. The van der Waals surface area contributed by atoms with E-state index in [0.717, 1.165) is 5.56 Å². The zero-order valence-electron chi connectivity index (χ0n) is 11.7. The van der Waals surface area contributed by atoms with Gasteiger partial charge >= 0.3 is 6.09 Å². The number of methoxy groups -OCH3 is 1. The molecule has 0 saturated heterocycles. The van der Waals surface area contributed by atoms with Crippen molar-refractivity contribution < 1.29 is 19.0 Å². The molecule has 2 N–H and O–H groups in total. The number of amides is 1. The molecule has 1 aromatic carbocycles. The molecule has 112 valence electrons. The molecule has 0 radical (unpaired) electrons. The number of ether oxygens (including phenoxy) is 3. The van der Waals surface area contributed by atoms with E-state index in [0.29, 0.717) is 18.1 Å². The average Bonchev–Trinajstić information content (AvgIpc) is 2.38. The third-order valence-corrected chi connectivity index (χ3v) is 3.07. The summed E-state index contributed by atoms with van der Waals surface area (Å²) in [6.45, 7) is 2.72. The van der Waals surface area contributed by atoms with E-state index in [2.05, 4.69) is 0 Å². The third-order valence-electron chi connectivity index (χ3n) is 2.73. The van der Waals surface area contributed by atoms with Gasteiger partial charge in [0.1, 0.15) is 12.9 Å². The van der Waals surface area contributed by atoms with E-state index in [4.69, 9.17) is 31.5 Å². The summed E-state index contributed by atoms with van der Waals surface area (Å²) >= 11 is 6.13. The number of nitrogens with two attached hydrogens (primary N) is 1. The van der Waals surface area contributed by atoms with Crippen LogP contribution in [0, 0.1) is 5.92 Å². The SMILES string of the molecule is COCOC[C@@H](C)C[C@H](OC(N)=O)c1ccccc1Cl. The van der Waals surface area contributed by atoms with Crippen LogP contribution in [0.3, 0.4) is 0 Å². The molecule has 0 aliphatic carbocycles. The van der Waals surface area contributed by atoms with Crippen molar-refractivity contribution in [2.24, 2.45) is 11.7 Å². The van der Waals surface area contributed by atoms with Crippen LogP contribution >= 0.6 is 11.6 Å². The molecule has 2 atom stereocenters. The smallest absolute Gasteiger partial charge is 0.405 e. The lowest BCUT2D eigenvalue weighted by Gasteiger charge is -2.21. The van der Waals surface area contributed by atoms with Gasteiger partial charge in [-0.1, -0.05) is 36.7 Å². The van der Waals surface area contributed by atoms with Crippen LogP contribution in [-0.2, 0) is 14.2 Å². The van der Waals surface area contributed by atoms with E-state index < -0.39 is 12.2 Å². The Morgan fingerprint density at radius 3 is 2.70 bits per heavy atom. The van der Waals surface area contributed by atoms with Crippen LogP contribution in [0.2, 0.25) is 5.02 Å². The van der Waals surface area contributed by atoms with Crippen LogP contribution < -0.4 is 5.73 Å². The molecule has 1 amide bonds. The molecule has 0 bridgehead atoms. The summed E-state index contributed by atoms with van der Waals surface area (Å²) in [5, 5.41) is 0.545. The highest BCUT2D eigenvalue weighted by molar-refractivity contribution is 6.31. The maximum Gasteiger partial charge on any atom is 0.405 e. The van der Waals surface area contributed by atoms with Crippen LogP contribution in [0.15, 0.2) is 24.3 Å². The van der Waals surface area contributed by atoms with Gasteiger partial charge in [0.05, 0.1) is 6.61 Å². The lowest BCUT2D eigenvalue weighted by atomic mass is 9.98. The molecule has 0 aliphatic rings. The molecule has 6 heteroatoms. The monoisotopic (exact) mass is 301 g/mol. The fourth-order valence-electron chi connectivity index (χ4n) is 1.88. The number of rotatable bonds is 8. The molecule has 20 heavy (non-hydrogen) atoms. The average molecular weight is 302 g/mol. The topological polar surface area (TPSA) is 70.8 Å².